The van der Waals surface area contributed by atoms with Crippen LogP contribution in [0.5, 0.6) is 0 Å². The number of carbonyl (C=O) groups excluding carboxylic acids is 1. The van der Waals surface area contributed by atoms with Gasteiger partial charge in [0, 0.05) is 10.6 Å². The fourth-order valence-corrected chi connectivity index (χ4v) is 2.18. The van der Waals surface area contributed by atoms with E-state index in [1.807, 2.05) is 36.4 Å². The Hall–Kier alpha value is -1.74. The molecule has 0 saturated heterocycles. The number of anilines is 1. The molecule has 2 nitrogen and oxygen atoms in total. The second kappa shape index (κ2) is 5.71. The van der Waals surface area contributed by atoms with Gasteiger partial charge in [0.05, 0.1) is 5.56 Å². The largest absolute Gasteiger partial charge is 0.322 e. The second-order valence-electron chi connectivity index (χ2n) is 5.80. The maximum absolute atomic E-state index is 12.2. The Bertz CT molecular complexity index is 612. The minimum atomic E-state index is -0.140. The number of carbonyl (C=O) groups is 1. The van der Waals surface area contributed by atoms with Crippen molar-refractivity contribution >= 4 is 24.2 Å². The topological polar surface area (TPSA) is 29.1 Å². The zero-order chi connectivity index (χ0) is 14.8. The monoisotopic (exact) mass is 285 g/mol. The number of amides is 1. The molecular weight excluding hydrogens is 266 g/mol. The average Bonchev–Trinajstić information content (AvgIpc) is 2.38. The van der Waals surface area contributed by atoms with E-state index in [0.717, 1.165) is 5.69 Å². The highest BCUT2D eigenvalue weighted by Gasteiger charge is 2.14. The van der Waals surface area contributed by atoms with Gasteiger partial charge in [-0.15, -0.1) is 12.6 Å². The smallest absolute Gasteiger partial charge is 0.256 e. The van der Waals surface area contributed by atoms with Crippen LogP contribution >= 0.6 is 12.6 Å². The van der Waals surface area contributed by atoms with Crippen molar-refractivity contribution in [3.63, 3.8) is 0 Å². The molecule has 0 fully saturated rings. The molecule has 0 atom stereocenters. The third kappa shape index (κ3) is 3.42. The van der Waals surface area contributed by atoms with Crippen molar-refractivity contribution in [3.05, 3.63) is 59.7 Å². The van der Waals surface area contributed by atoms with Gasteiger partial charge in [-0.3, -0.25) is 4.79 Å². The number of nitrogens with one attached hydrogen (secondary N) is 1. The molecule has 2 aromatic carbocycles. The summed E-state index contributed by atoms with van der Waals surface area (Å²) in [7, 11) is 0. The van der Waals surface area contributed by atoms with Gasteiger partial charge >= 0.3 is 0 Å². The predicted octanol–water partition coefficient (Wildman–Crippen LogP) is 4.53. The van der Waals surface area contributed by atoms with Crippen molar-refractivity contribution in [2.24, 2.45) is 0 Å². The van der Waals surface area contributed by atoms with E-state index >= 15 is 0 Å². The molecule has 1 N–H and O–H groups in total. The summed E-state index contributed by atoms with van der Waals surface area (Å²) in [5.41, 5.74) is 2.72. The number of hydrogen-bond donors (Lipinski definition) is 2. The van der Waals surface area contributed by atoms with Crippen molar-refractivity contribution in [2.45, 2.75) is 31.1 Å². The summed E-state index contributed by atoms with van der Waals surface area (Å²) in [6.07, 6.45) is 0. The molecule has 3 heteroatoms. The molecular formula is C17H19NOS. The zero-order valence-corrected chi connectivity index (χ0v) is 12.9. The van der Waals surface area contributed by atoms with E-state index in [9.17, 15) is 4.79 Å². The number of benzene rings is 2. The first-order valence-corrected chi connectivity index (χ1v) is 7.02. The van der Waals surface area contributed by atoms with Gasteiger partial charge in [-0.2, -0.15) is 0 Å². The normalized spacial score (nSPS) is 11.2. The van der Waals surface area contributed by atoms with Crippen LogP contribution in [0, 0.1) is 0 Å². The summed E-state index contributed by atoms with van der Waals surface area (Å²) in [5.74, 6) is -0.140. The van der Waals surface area contributed by atoms with Crippen LogP contribution in [0.3, 0.4) is 0 Å². The van der Waals surface area contributed by atoms with E-state index in [4.69, 9.17) is 0 Å². The molecule has 0 bridgehead atoms. The lowest BCUT2D eigenvalue weighted by Crippen LogP contribution is -2.14. The summed E-state index contributed by atoms with van der Waals surface area (Å²) in [5, 5.41) is 2.89. The molecule has 0 aliphatic carbocycles. The van der Waals surface area contributed by atoms with Gasteiger partial charge in [0.2, 0.25) is 0 Å². The third-order valence-electron chi connectivity index (χ3n) is 3.16. The van der Waals surface area contributed by atoms with Crippen LogP contribution in [0.15, 0.2) is 53.4 Å². The highest BCUT2D eigenvalue weighted by molar-refractivity contribution is 7.80. The number of hydrogen-bond acceptors (Lipinski definition) is 2. The summed E-state index contributed by atoms with van der Waals surface area (Å²) in [6.45, 7) is 6.49. The number of rotatable bonds is 2. The first kappa shape index (κ1) is 14.7. The molecule has 1 amide bonds. The molecule has 0 heterocycles. The minimum Gasteiger partial charge on any atom is -0.322 e. The van der Waals surface area contributed by atoms with Gasteiger partial charge in [-0.05, 0) is 35.2 Å². The van der Waals surface area contributed by atoms with Gasteiger partial charge in [0.15, 0.2) is 0 Å². The van der Waals surface area contributed by atoms with Crippen molar-refractivity contribution in [1.82, 2.24) is 0 Å². The van der Waals surface area contributed by atoms with Crippen LogP contribution in [0.25, 0.3) is 0 Å². The summed E-state index contributed by atoms with van der Waals surface area (Å²) in [6, 6.07) is 15.2. The lowest BCUT2D eigenvalue weighted by molar-refractivity contribution is 0.102. The fraction of sp³-hybridized carbons (Fsp3) is 0.235. The first-order chi connectivity index (χ1) is 9.38. The summed E-state index contributed by atoms with van der Waals surface area (Å²) < 4.78 is 0. The highest BCUT2D eigenvalue weighted by Crippen LogP contribution is 2.24. The Morgan fingerprint density at radius 1 is 1.00 bits per heavy atom. The maximum atomic E-state index is 12.2. The van der Waals surface area contributed by atoms with Gasteiger partial charge in [-0.25, -0.2) is 0 Å². The summed E-state index contributed by atoms with van der Waals surface area (Å²) >= 11 is 4.30. The van der Waals surface area contributed by atoms with Crippen LogP contribution in [0.4, 0.5) is 5.69 Å². The molecule has 0 aliphatic rings. The van der Waals surface area contributed by atoms with Crippen molar-refractivity contribution in [2.75, 3.05) is 5.32 Å². The van der Waals surface area contributed by atoms with Crippen LogP contribution in [0.1, 0.15) is 36.7 Å². The van der Waals surface area contributed by atoms with Gasteiger partial charge in [0.25, 0.3) is 5.91 Å². The van der Waals surface area contributed by atoms with E-state index < -0.39 is 0 Å². The average molecular weight is 285 g/mol. The van der Waals surface area contributed by atoms with E-state index in [-0.39, 0.29) is 11.3 Å². The number of thiol groups is 1. The Balaban J connectivity index is 2.15. The van der Waals surface area contributed by atoms with E-state index in [2.05, 4.69) is 38.7 Å². The van der Waals surface area contributed by atoms with Crippen LogP contribution < -0.4 is 5.32 Å². The fourth-order valence-electron chi connectivity index (χ4n) is 1.92. The third-order valence-corrected chi connectivity index (χ3v) is 3.55. The van der Waals surface area contributed by atoms with E-state index in [1.165, 1.54) is 5.56 Å². The van der Waals surface area contributed by atoms with Gasteiger partial charge in [0.1, 0.15) is 0 Å². The van der Waals surface area contributed by atoms with Crippen LogP contribution in [-0.2, 0) is 5.41 Å². The lowest BCUT2D eigenvalue weighted by Gasteiger charge is -2.19. The van der Waals surface area contributed by atoms with Crippen molar-refractivity contribution in [3.8, 4) is 0 Å². The molecule has 0 radical (unpaired) electrons. The predicted molar refractivity (Wildman–Crippen MR) is 86.8 cm³/mol. The zero-order valence-electron chi connectivity index (χ0n) is 12.0. The molecule has 0 spiro atoms. The highest BCUT2D eigenvalue weighted by atomic mass is 32.1. The standard InChI is InChI=1S/C17H19NOS/c1-17(2,3)12-8-10-13(11-9-12)18-16(19)14-6-4-5-7-15(14)20/h4-11,20H,1-3H3,(H,18,19). The van der Waals surface area contributed by atoms with Crippen LogP contribution in [-0.4, -0.2) is 5.91 Å². The molecule has 104 valence electrons. The van der Waals surface area contributed by atoms with Gasteiger partial charge in [-0.1, -0.05) is 45.0 Å². The molecule has 2 rings (SSSR count). The van der Waals surface area contributed by atoms with E-state index in [0.29, 0.717) is 10.5 Å². The molecule has 20 heavy (non-hydrogen) atoms. The Kier molecular flexibility index (Phi) is 4.19. The first-order valence-electron chi connectivity index (χ1n) is 6.58. The molecule has 0 saturated carbocycles. The molecule has 0 unspecified atom stereocenters. The summed E-state index contributed by atoms with van der Waals surface area (Å²) in [4.78, 5) is 12.8. The lowest BCUT2D eigenvalue weighted by atomic mass is 9.87. The SMILES string of the molecule is CC(C)(C)c1ccc(NC(=O)c2ccccc2S)cc1. The maximum Gasteiger partial charge on any atom is 0.256 e. The molecule has 0 aromatic heterocycles. The van der Waals surface area contributed by atoms with Crippen molar-refractivity contribution in [1.29, 1.82) is 0 Å². The van der Waals surface area contributed by atoms with Crippen molar-refractivity contribution < 1.29 is 4.79 Å². The van der Waals surface area contributed by atoms with Gasteiger partial charge < -0.3 is 5.32 Å². The minimum absolute atomic E-state index is 0.111. The Morgan fingerprint density at radius 2 is 1.60 bits per heavy atom. The van der Waals surface area contributed by atoms with E-state index in [1.54, 1.807) is 12.1 Å². The Morgan fingerprint density at radius 3 is 2.15 bits per heavy atom. The molecule has 2 aromatic rings. The Labute approximate surface area is 125 Å². The second-order valence-corrected chi connectivity index (χ2v) is 6.28. The van der Waals surface area contributed by atoms with Crippen LogP contribution in [0.2, 0.25) is 0 Å². The molecule has 0 aliphatic heterocycles. The quantitative estimate of drug-likeness (QED) is 0.780.